The van der Waals surface area contributed by atoms with Crippen LogP contribution in [0.15, 0.2) is 24.3 Å². The SMILES string of the molecule is CC(N)CNc1ccc(C(C)O)cc1. The molecule has 0 radical (unpaired) electrons. The van der Waals surface area contributed by atoms with Gasteiger partial charge in [0.05, 0.1) is 6.10 Å². The van der Waals surface area contributed by atoms with Crippen LogP contribution in [-0.2, 0) is 0 Å². The van der Waals surface area contributed by atoms with Crippen LogP contribution in [0.3, 0.4) is 0 Å². The van der Waals surface area contributed by atoms with E-state index in [0.29, 0.717) is 0 Å². The molecule has 0 heterocycles. The van der Waals surface area contributed by atoms with Gasteiger partial charge in [-0.25, -0.2) is 0 Å². The van der Waals surface area contributed by atoms with Crippen LogP contribution in [0.25, 0.3) is 0 Å². The van der Waals surface area contributed by atoms with E-state index in [-0.39, 0.29) is 6.04 Å². The molecule has 3 nitrogen and oxygen atoms in total. The van der Waals surface area contributed by atoms with Gasteiger partial charge in [-0.2, -0.15) is 0 Å². The number of benzene rings is 1. The van der Waals surface area contributed by atoms with E-state index in [4.69, 9.17) is 5.73 Å². The lowest BCUT2D eigenvalue weighted by Crippen LogP contribution is -2.25. The molecule has 78 valence electrons. The van der Waals surface area contributed by atoms with Gasteiger partial charge in [-0.1, -0.05) is 12.1 Å². The zero-order valence-corrected chi connectivity index (χ0v) is 8.70. The second kappa shape index (κ2) is 4.98. The van der Waals surface area contributed by atoms with Gasteiger partial charge in [0.1, 0.15) is 0 Å². The summed E-state index contributed by atoms with van der Waals surface area (Å²) >= 11 is 0. The lowest BCUT2D eigenvalue weighted by molar-refractivity contribution is 0.199. The summed E-state index contributed by atoms with van der Waals surface area (Å²) in [7, 11) is 0. The van der Waals surface area contributed by atoms with Gasteiger partial charge in [-0.3, -0.25) is 0 Å². The topological polar surface area (TPSA) is 58.3 Å². The Morgan fingerprint density at radius 3 is 2.29 bits per heavy atom. The second-order valence-corrected chi connectivity index (χ2v) is 3.66. The van der Waals surface area contributed by atoms with Crippen molar-refractivity contribution in [3.8, 4) is 0 Å². The third-order valence-corrected chi connectivity index (χ3v) is 2.02. The first kappa shape index (κ1) is 11.0. The fourth-order valence-corrected chi connectivity index (χ4v) is 1.16. The normalized spacial score (nSPS) is 14.9. The van der Waals surface area contributed by atoms with Crippen molar-refractivity contribution in [3.63, 3.8) is 0 Å². The Morgan fingerprint density at radius 1 is 1.29 bits per heavy atom. The van der Waals surface area contributed by atoms with E-state index in [1.54, 1.807) is 6.92 Å². The summed E-state index contributed by atoms with van der Waals surface area (Å²) in [4.78, 5) is 0. The highest BCUT2D eigenvalue weighted by molar-refractivity contribution is 5.45. The zero-order valence-electron chi connectivity index (χ0n) is 8.70. The van der Waals surface area contributed by atoms with Crippen molar-refractivity contribution in [2.45, 2.75) is 26.0 Å². The number of nitrogens with two attached hydrogens (primary N) is 1. The molecule has 14 heavy (non-hydrogen) atoms. The molecule has 0 aliphatic carbocycles. The molecule has 4 N–H and O–H groups in total. The second-order valence-electron chi connectivity index (χ2n) is 3.66. The van der Waals surface area contributed by atoms with Crippen molar-refractivity contribution in [2.24, 2.45) is 5.73 Å². The number of aliphatic hydroxyl groups excluding tert-OH is 1. The van der Waals surface area contributed by atoms with Crippen molar-refractivity contribution in [1.29, 1.82) is 0 Å². The Balaban J connectivity index is 2.55. The van der Waals surface area contributed by atoms with Crippen molar-refractivity contribution < 1.29 is 5.11 Å². The Kier molecular flexibility index (Phi) is 3.92. The Labute approximate surface area is 84.9 Å². The quantitative estimate of drug-likeness (QED) is 0.680. The van der Waals surface area contributed by atoms with Crippen LogP contribution in [0.4, 0.5) is 5.69 Å². The molecule has 2 unspecified atom stereocenters. The van der Waals surface area contributed by atoms with Crippen molar-refractivity contribution in [2.75, 3.05) is 11.9 Å². The molecule has 0 saturated carbocycles. The highest BCUT2D eigenvalue weighted by Crippen LogP contribution is 2.15. The first-order chi connectivity index (χ1) is 6.59. The van der Waals surface area contributed by atoms with Crippen LogP contribution in [-0.4, -0.2) is 17.7 Å². The maximum atomic E-state index is 9.29. The molecule has 0 amide bonds. The van der Waals surface area contributed by atoms with Gasteiger partial charge in [0.2, 0.25) is 0 Å². The third-order valence-electron chi connectivity index (χ3n) is 2.02. The van der Waals surface area contributed by atoms with Crippen LogP contribution in [0.1, 0.15) is 25.5 Å². The number of aliphatic hydroxyl groups is 1. The summed E-state index contributed by atoms with van der Waals surface area (Å²) < 4.78 is 0. The molecule has 0 fully saturated rings. The maximum absolute atomic E-state index is 9.29. The lowest BCUT2D eigenvalue weighted by Gasteiger charge is -2.10. The van der Waals surface area contributed by atoms with E-state index in [0.717, 1.165) is 17.8 Å². The Morgan fingerprint density at radius 2 is 1.86 bits per heavy atom. The Hall–Kier alpha value is -1.06. The summed E-state index contributed by atoms with van der Waals surface area (Å²) in [6, 6.07) is 7.86. The van der Waals surface area contributed by atoms with Crippen LogP contribution in [0.5, 0.6) is 0 Å². The van der Waals surface area contributed by atoms with Crippen molar-refractivity contribution in [1.82, 2.24) is 0 Å². The van der Waals surface area contributed by atoms with Crippen molar-refractivity contribution in [3.05, 3.63) is 29.8 Å². The van der Waals surface area contributed by atoms with E-state index >= 15 is 0 Å². The highest BCUT2D eigenvalue weighted by atomic mass is 16.3. The molecule has 3 heteroatoms. The number of rotatable bonds is 4. The minimum absolute atomic E-state index is 0.145. The number of anilines is 1. The fraction of sp³-hybridized carbons (Fsp3) is 0.455. The summed E-state index contributed by atoms with van der Waals surface area (Å²) in [5.41, 5.74) is 7.58. The van der Waals surface area contributed by atoms with Gasteiger partial charge in [0.25, 0.3) is 0 Å². The Bertz CT molecular complexity index is 267. The van der Waals surface area contributed by atoms with E-state index in [2.05, 4.69) is 5.32 Å². The number of hydrogen-bond donors (Lipinski definition) is 3. The van der Waals surface area contributed by atoms with Gasteiger partial charge in [0, 0.05) is 18.3 Å². The van der Waals surface area contributed by atoms with E-state index in [9.17, 15) is 5.11 Å². The fourth-order valence-electron chi connectivity index (χ4n) is 1.16. The first-order valence-corrected chi connectivity index (χ1v) is 4.87. The summed E-state index contributed by atoms with van der Waals surface area (Å²) in [6.07, 6.45) is -0.405. The van der Waals surface area contributed by atoms with E-state index in [1.807, 2.05) is 31.2 Å². The molecule has 0 aliphatic rings. The molecule has 2 atom stereocenters. The van der Waals surface area contributed by atoms with Gasteiger partial charge in [0.15, 0.2) is 0 Å². The molecular formula is C11H18N2O. The van der Waals surface area contributed by atoms with Crippen LogP contribution in [0.2, 0.25) is 0 Å². The summed E-state index contributed by atoms with van der Waals surface area (Å²) in [5, 5.41) is 12.5. The highest BCUT2D eigenvalue weighted by Gasteiger charge is 2.00. The van der Waals surface area contributed by atoms with Crippen molar-refractivity contribution >= 4 is 5.69 Å². The summed E-state index contributed by atoms with van der Waals surface area (Å²) in [6.45, 7) is 4.47. The smallest absolute Gasteiger partial charge is 0.0761 e. The third kappa shape index (κ3) is 3.36. The minimum atomic E-state index is -0.405. The van der Waals surface area contributed by atoms with Crippen LogP contribution >= 0.6 is 0 Å². The standard InChI is InChI=1S/C11H18N2O/c1-8(12)7-13-11-5-3-10(4-6-11)9(2)14/h3-6,8-9,13-14H,7,12H2,1-2H3. The predicted octanol–water partition coefficient (Wildman–Crippen LogP) is 1.50. The molecule has 1 rings (SSSR count). The maximum Gasteiger partial charge on any atom is 0.0761 e. The average molecular weight is 194 g/mol. The van der Waals surface area contributed by atoms with Crippen LogP contribution < -0.4 is 11.1 Å². The van der Waals surface area contributed by atoms with Crippen LogP contribution in [0, 0.1) is 0 Å². The molecular weight excluding hydrogens is 176 g/mol. The molecule has 0 aromatic heterocycles. The van der Waals surface area contributed by atoms with Gasteiger partial charge in [-0.05, 0) is 31.5 Å². The number of hydrogen-bond acceptors (Lipinski definition) is 3. The van der Waals surface area contributed by atoms with E-state index in [1.165, 1.54) is 0 Å². The average Bonchev–Trinajstić information content (AvgIpc) is 2.15. The monoisotopic (exact) mass is 194 g/mol. The summed E-state index contributed by atoms with van der Waals surface area (Å²) in [5.74, 6) is 0. The molecule has 0 spiro atoms. The first-order valence-electron chi connectivity index (χ1n) is 4.87. The van der Waals surface area contributed by atoms with Gasteiger partial charge >= 0.3 is 0 Å². The minimum Gasteiger partial charge on any atom is -0.389 e. The van der Waals surface area contributed by atoms with Gasteiger partial charge < -0.3 is 16.2 Å². The molecule has 0 aliphatic heterocycles. The zero-order chi connectivity index (χ0) is 10.6. The van der Waals surface area contributed by atoms with Gasteiger partial charge in [-0.15, -0.1) is 0 Å². The predicted molar refractivity (Wildman–Crippen MR) is 59.2 cm³/mol. The molecule has 0 bridgehead atoms. The molecule has 1 aromatic rings. The molecule has 0 saturated heterocycles. The van der Waals surface area contributed by atoms with E-state index < -0.39 is 6.10 Å². The largest absolute Gasteiger partial charge is 0.389 e. The lowest BCUT2D eigenvalue weighted by atomic mass is 10.1. The molecule has 1 aromatic carbocycles. The number of nitrogens with one attached hydrogen (secondary N) is 1.